The number of hydrogen-bond acceptors (Lipinski definition) is 2. The molecule has 1 unspecified atom stereocenters. The molecule has 1 atom stereocenters. The maximum absolute atomic E-state index is 6.29. The van der Waals surface area contributed by atoms with Crippen molar-refractivity contribution in [2.45, 2.75) is 65.2 Å². The molecule has 0 amide bonds. The maximum atomic E-state index is 6.29. The van der Waals surface area contributed by atoms with E-state index >= 15 is 0 Å². The first-order valence-electron chi connectivity index (χ1n) is 7.03. The third-order valence-corrected chi connectivity index (χ3v) is 5.57. The lowest BCUT2D eigenvalue weighted by Gasteiger charge is -2.27. The molecule has 1 saturated carbocycles. The molecule has 1 aromatic rings. The number of halogens is 2. The predicted octanol–water partition coefficient (Wildman–Crippen LogP) is 5.70. The Hall–Kier alpha value is -0.150. The van der Waals surface area contributed by atoms with E-state index in [1.807, 2.05) is 0 Å². The molecule has 0 N–H and O–H groups in total. The molecule has 19 heavy (non-hydrogen) atoms. The monoisotopic (exact) mass is 344 g/mol. The Morgan fingerprint density at radius 3 is 2.32 bits per heavy atom. The Balaban J connectivity index is 2.41. The van der Waals surface area contributed by atoms with Gasteiger partial charge in [-0.2, -0.15) is 0 Å². The highest BCUT2D eigenvalue weighted by atomic mass is 79.9. The zero-order chi connectivity index (χ0) is 14.2. The first-order chi connectivity index (χ1) is 8.80. The standard InChI is InChI=1S/C15H22BrClN2/c1-9(15(2,3)4)14-18-12(10-7-5-6-8-10)11(16)13(17)19-14/h9-10H,5-8H2,1-4H3. The molecule has 1 aliphatic carbocycles. The molecule has 1 fully saturated rings. The lowest BCUT2D eigenvalue weighted by Crippen LogP contribution is -2.19. The van der Waals surface area contributed by atoms with Crippen LogP contribution in [0.5, 0.6) is 0 Å². The lowest BCUT2D eigenvalue weighted by molar-refractivity contribution is 0.327. The normalized spacial score (nSPS) is 18.8. The van der Waals surface area contributed by atoms with Crippen LogP contribution in [-0.4, -0.2) is 9.97 Å². The minimum atomic E-state index is 0.143. The Labute approximate surface area is 129 Å². The molecule has 0 bridgehead atoms. The SMILES string of the molecule is CC(c1nc(Cl)c(Br)c(C2CCCC2)n1)C(C)(C)C. The largest absolute Gasteiger partial charge is 0.236 e. The fraction of sp³-hybridized carbons (Fsp3) is 0.733. The van der Waals surface area contributed by atoms with Gasteiger partial charge in [-0.1, -0.05) is 52.1 Å². The van der Waals surface area contributed by atoms with Gasteiger partial charge in [0.25, 0.3) is 0 Å². The van der Waals surface area contributed by atoms with Crippen LogP contribution in [0, 0.1) is 5.41 Å². The van der Waals surface area contributed by atoms with Gasteiger partial charge in [-0.3, -0.25) is 0 Å². The van der Waals surface area contributed by atoms with Crippen LogP contribution in [0.4, 0.5) is 0 Å². The first kappa shape index (κ1) is 15.2. The zero-order valence-corrected chi connectivity index (χ0v) is 14.5. The zero-order valence-electron chi connectivity index (χ0n) is 12.1. The number of hydrogen-bond donors (Lipinski definition) is 0. The highest BCUT2D eigenvalue weighted by molar-refractivity contribution is 9.10. The second-order valence-corrected chi connectivity index (χ2v) is 7.79. The van der Waals surface area contributed by atoms with Crippen molar-refractivity contribution in [3.8, 4) is 0 Å². The van der Waals surface area contributed by atoms with Gasteiger partial charge < -0.3 is 0 Å². The van der Waals surface area contributed by atoms with Gasteiger partial charge in [-0.05, 0) is 34.2 Å². The van der Waals surface area contributed by atoms with E-state index in [1.165, 1.54) is 25.7 Å². The molecular formula is C15H22BrClN2. The van der Waals surface area contributed by atoms with Gasteiger partial charge >= 0.3 is 0 Å². The number of nitrogens with zero attached hydrogens (tertiary/aromatic N) is 2. The Kier molecular flexibility index (Phi) is 4.56. The van der Waals surface area contributed by atoms with Gasteiger partial charge in [0.15, 0.2) is 0 Å². The number of rotatable bonds is 2. The molecule has 0 saturated heterocycles. The van der Waals surface area contributed by atoms with E-state index in [0.717, 1.165) is 16.0 Å². The Morgan fingerprint density at radius 1 is 1.21 bits per heavy atom. The molecule has 0 spiro atoms. The Morgan fingerprint density at radius 2 is 1.79 bits per heavy atom. The highest BCUT2D eigenvalue weighted by Gasteiger charge is 2.28. The van der Waals surface area contributed by atoms with Gasteiger partial charge in [-0.25, -0.2) is 9.97 Å². The first-order valence-corrected chi connectivity index (χ1v) is 8.20. The molecular weight excluding hydrogens is 324 g/mol. The summed E-state index contributed by atoms with van der Waals surface area (Å²) in [6.07, 6.45) is 5.02. The average molecular weight is 346 g/mol. The summed E-state index contributed by atoms with van der Waals surface area (Å²) in [5, 5.41) is 0.558. The van der Waals surface area contributed by atoms with Crippen LogP contribution in [0.15, 0.2) is 4.47 Å². The fourth-order valence-corrected chi connectivity index (χ4v) is 3.19. The summed E-state index contributed by atoms with van der Waals surface area (Å²) >= 11 is 9.86. The molecule has 0 radical (unpaired) electrons. The molecule has 0 aliphatic heterocycles. The van der Waals surface area contributed by atoms with Crippen molar-refractivity contribution in [1.29, 1.82) is 0 Å². The van der Waals surface area contributed by atoms with Crippen molar-refractivity contribution in [3.63, 3.8) is 0 Å². The second-order valence-electron chi connectivity index (χ2n) is 6.64. The quantitative estimate of drug-likeness (QED) is 0.642. The van der Waals surface area contributed by atoms with Gasteiger partial charge in [0.2, 0.25) is 0 Å². The minimum absolute atomic E-state index is 0.143. The van der Waals surface area contributed by atoms with Crippen molar-refractivity contribution < 1.29 is 0 Å². The van der Waals surface area contributed by atoms with E-state index in [9.17, 15) is 0 Å². The molecule has 1 aliphatic rings. The topological polar surface area (TPSA) is 25.8 Å². The summed E-state index contributed by atoms with van der Waals surface area (Å²) in [7, 11) is 0. The van der Waals surface area contributed by atoms with E-state index in [1.54, 1.807) is 0 Å². The molecule has 4 heteroatoms. The highest BCUT2D eigenvalue weighted by Crippen LogP contribution is 2.40. The third kappa shape index (κ3) is 3.30. The summed E-state index contributed by atoms with van der Waals surface area (Å²) in [5.74, 6) is 1.71. The van der Waals surface area contributed by atoms with Gasteiger partial charge in [-0.15, -0.1) is 0 Å². The van der Waals surface area contributed by atoms with Crippen LogP contribution in [0.1, 0.15) is 76.7 Å². The minimum Gasteiger partial charge on any atom is -0.236 e. The van der Waals surface area contributed by atoms with Crippen molar-refractivity contribution in [2.24, 2.45) is 5.41 Å². The van der Waals surface area contributed by atoms with Crippen LogP contribution < -0.4 is 0 Å². The van der Waals surface area contributed by atoms with Crippen molar-refractivity contribution >= 4 is 27.5 Å². The lowest BCUT2D eigenvalue weighted by atomic mass is 9.81. The fourth-order valence-electron chi connectivity index (χ4n) is 2.50. The van der Waals surface area contributed by atoms with E-state index in [0.29, 0.717) is 17.0 Å². The predicted molar refractivity (Wildman–Crippen MR) is 83.8 cm³/mol. The molecule has 0 aromatic carbocycles. The van der Waals surface area contributed by atoms with E-state index in [2.05, 4.69) is 48.6 Å². The summed E-state index contributed by atoms with van der Waals surface area (Å²) in [6, 6.07) is 0. The summed E-state index contributed by atoms with van der Waals surface area (Å²) < 4.78 is 0.894. The van der Waals surface area contributed by atoms with Crippen LogP contribution >= 0.6 is 27.5 Å². The Bertz CT molecular complexity index is 462. The van der Waals surface area contributed by atoms with E-state index < -0.39 is 0 Å². The molecule has 1 aromatic heterocycles. The van der Waals surface area contributed by atoms with Crippen LogP contribution in [0.25, 0.3) is 0 Å². The molecule has 2 nitrogen and oxygen atoms in total. The second kappa shape index (κ2) is 5.69. The smallest absolute Gasteiger partial charge is 0.147 e. The van der Waals surface area contributed by atoms with E-state index in [-0.39, 0.29) is 5.41 Å². The third-order valence-electron chi connectivity index (χ3n) is 4.28. The molecule has 106 valence electrons. The molecule has 1 heterocycles. The van der Waals surface area contributed by atoms with E-state index in [4.69, 9.17) is 16.6 Å². The summed E-state index contributed by atoms with van der Waals surface area (Å²) in [5.41, 5.74) is 1.26. The van der Waals surface area contributed by atoms with Gasteiger partial charge in [0.1, 0.15) is 11.0 Å². The van der Waals surface area contributed by atoms with Gasteiger partial charge in [0.05, 0.1) is 10.2 Å². The summed E-state index contributed by atoms with van der Waals surface area (Å²) in [4.78, 5) is 9.32. The van der Waals surface area contributed by atoms with Crippen molar-refractivity contribution in [1.82, 2.24) is 9.97 Å². The van der Waals surface area contributed by atoms with Gasteiger partial charge in [0, 0.05) is 11.8 Å². The summed E-state index contributed by atoms with van der Waals surface area (Å²) in [6.45, 7) is 8.82. The van der Waals surface area contributed by atoms with Crippen LogP contribution in [0.2, 0.25) is 5.15 Å². The van der Waals surface area contributed by atoms with Crippen LogP contribution in [-0.2, 0) is 0 Å². The average Bonchev–Trinajstić information content (AvgIpc) is 2.83. The van der Waals surface area contributed by atoms with Crippen LogP contribution in [0.3, 0.4) is 0 Å². The maximum Gasteiger partial charge on any atom is 0.147 e. The van der Waals surface area contributed by atoms with Crippen molar-refractivity contribution in [2.75, 3.05) is 0 Å². The van der Waals surface area contributed by atoms with Crippen molar-refractivity contribution in [3.05, 3.63) is 21.1 Å². The molecule has 2 rings (SSSR count). The number of aromatic nitrogens is 2.